The van der Waals surface area contributed by atoms with Gasteiger partial charge in [0.15, 0.2) is 0 Å². The van der Waals surface area contributed by atoms with E-state index < -0.39 is 11.2 Å². The molecule has 0 saturated carbocycles. The summed E-state index contributed by atoms with van der Waals surface area (Å²) >= 11 is 11.2. The molecule has 0 aromatic carbocycles. The van der Waals surface area contributed by atoms with Crippen LogP contribution < -0.4 is 0 Å². The summed E-state index contributed by atoms with van der Waals surface area (Å²) in [6.07, 6.45) is 7.83. The Morgan fingerprint density at radius 1 is 1.17 bits per heavy atom. The zero-order valence-corrected chi connectivity index (χ0v) is 9.29. The molecule has 2 heteroatoms. The van der Waals surface area contributed by atoms with Gasteiger partial charge in [-0.2, -0.15) is 0 Å². The Bertz CT molecular complexity index is 135. The molecule has 0 fully saturated rings. The Kier molecular flexibility index (Phi) is 7.37. The molecule has 0 nitrogen and oxygen atoms in total. The van der Waals surface area contributed by atoms with E-state index in [2.05, 4.69) is 6.92 Å². The summed E-state index contributed by atoms with van der Waals surface area (Å²) in [5.74, 6) is -1.76. The van der Waals surface area contributed by atoms with Crippen LogP contribution in [0.2, 0.25) is 0 Å². The first-order valence-electron chi connectivity index (χ1n) is 5.81. The van der Waals surface area contributed by atoms with E-state index in [9.17, 15) is 0 Å². The van der Waals surface area contributed by atoms with Gasteiger partial charge in [-0.25, -0.2) is 0 Å². The highest BCUT2D eigenvalue weighted by molar-refractivity contribution is 6.28. The monoisotopic (exact) mass is 212 g/mol. The molecular formula is C10H20Cl2. The minimum atomic E-state index is -1.76. The maximum absolute atomic E-state index is 7.18. The van der Waals surface area contributed by atoms with E-state index in [0.29, 0.717) is 6.42 Å². The van der Waals surface area contributed by atoms with E-state index >= 15 is 0 Å². The van der Waals surface area contributed by atoms with Gasteiger partial charge in [0.25, 0.3) is 0 Å². The van der Waals surface area contributed by atoms with E-state index in [1.807, 2.05) is 0 Å². The molecule has 0 spiro atoms. The number of unbranched alkanes of at least 4 members (excludes halogenated alkanes) is 5. The molecule has 0 N–H and O–H groups in total. The molecule has 0 amide bonds. The third-order valence-electron chi connectivity index (χ3n) is 1.93. The molecule has 1 atom stereocenters. The molecule has 0 aliphatic heterocycles. The lowest BCUT2D eigenvalue weighted by atomic mass is 10.1. The van der Waals surface area contributed by atoms with Gasteiger partial charge in [0.2, 0.25) is 0 Å². The molecule has 0 heterocycles. The van der Waals surface area contributed by atoms with E-state index in [4.69, 9.17) is 25.9 Å². The van der Waals surface area contributed by atoms with Crippen molar-refractivity contribution in [2.75, 3.05) is 5.83 Å². The average molecular weight is 213 g/mol. The van der Waals surface area contributed by atoms with Crippen molar-refractivity contribution in [1.82, 2.24) is 0 Å². The molecule has 0 rings (SSSR count). The smallest absolute Gasteiger partial charge is 0.0471 e. The fourth-order valence-electron chi connectivity index (χ4n) is 1.16. The number of halogens is 2. The fraction of sp³-hybridized carbons (Fsp3) is 1.00. The van der Waals surface area contributed by atoms with Crippen molar-refractivity contribution < 1.29 is 2.74 Å². The van der Waals surface area contributed by atoms with Crippen LogP contribution in [0.5, 0.6) is 0 Å². The zero-order valence-electron chi connectivity index (χ0n) is 9.78. The molecule has 74 valence electrons. The minimum Gasteiger partial charge on any atom is -0.125 e. The summed E-state index contributed by atoms with van der Waals surface area (Å²) in [5.41, 5.74) is 0. The standard InChI is InChI=1S/C10H20Cl2/c1-2-3-4-5-6-7-8-10(12)9-11/h10H,2-9H2,1H3/i9D2. The second kappa shape index (κ2) is 9.67. The Morgan fingerprint density at radius 3 is 2.33 bits per heavy atom. The Morgan fingerprint density at radius 2 is 1.75 bits per heavy atom. The van der Waals surface area contributed by atoms with E-state index in [-0.39, 0.29) is 0 Å². The van der Waals surface area contributed by atoms with Crippen molar-refractivity contribution in [2.45, 2.75) is 57.2 Å². The first-order valence-corrected chi connectivity index (χ1v) is 5.63. The Balaban J connectivity index is 3.28. The molecule has 12 heavy (non-hydrogen) atoms. The van der Waals surface area contributed by atoms with Gasteiger partial charge in [0, 0.05) is 14.0 Å². The number of hydrogen-bond acceptors (Lipinski definition) is 0. The largest absolute Gasteiger partial charge is 0.125 e. The molecule has 0 saturated heterocycles. The van der Waals surface area contributed by atoms with Crippen molar-refractivity contribution >= 4 is 23.2 Å². The first kappa shape index (κ1) is 9.15. The summed E-state index contributed by atoms with van der Waals surface area (Å²) in [6, 6.07) is 0. The number of rotatable bonds is 8. The Labute approximate surface area is 89.4 Å². The molecule has 0 aliphatic rings. The van der Waals surface area contributed by atoms with Crippen LogP contribution >= 0.6 is 23.2 Å². The normalized spacial score (nSPS) is 16.9. The molecule has 0 aromatic heterocycles. The molecule has 0 bridgehead atoms. The van der Waals surface area contributed by atoms with Crippen LogP contribution in [-0.2, 0) is 0 Å². The predicted octanol–water partition coefficient (Wildman–Crippen LogP) is 4.58. The van der Waals surface area contributed by atoms with Crippen molar-refractivity contribution in [3.05, 3.63) is 0 Å². The minimum absolute atomic E-state index is 0.560. The third kappa shape index (κ3) is 8.67. The van der Waals surface area contributed by atoms with Crippen LogP contribution in [0, 0.1) is 0 Å². The Hall–Kier alpha value is 0.580. The van der Waals surface area contributed by atoms with Crippen LogP contribution in [0.3, 0.4) is 0 Å². The third-order valence-corrected chi connectivity index (χ3v) is 2.63. The SMILES string of the molecule is [2H]C([2H])(Cl)C(Cl)CCCCCCCC. The first-order chi connectivity index (χ1) is 6.48. The van der Waals surface area contributed by atoms with Gasteiger partial charge in [-0.15, -0.1) is 23.2 Å². The van der Waals surface area contributed by atoms with Crippen molar-refractivity contribution in [2.24, 2.45) is 0 Å². The maximum Gasteiger partial charge on any atom is 0.0471 e. The molecule has 1 unspecified atom stereocenters. The summed E-state index contributed by atoms with van der Waals surface area (Å²) < 4.78 is 14.4. The van der Waals surface area contributed by atoms with E-state index in [0.717, 1.165) is 12.8 Å². The van der Waals surface area contributed by atoms with Gasteiger partial charge < -0.3 is 0 Å². The zero-order chi connectivity index (χ0) is 11.0. The predicted molar refractivity (Wildman–Crippen MR) is 58.4 cm³/mol. The van der Waals surface area contributed by atoms with Crippen molar-refractivity contribution in [3.63, 3.8) is 0 Å². The average Bonchev–Trinajstić information content (AvgIpc) is 2.09. The van der Waals surface area contributed by atoms with Crippen molar-refractivity contribution in [1.29, 1.82) is 0 Å². The topological polar surface area (TPSA) is 0 Å². The van der Waals surface area contributed by atoms with Gasteiger partial charge >= 0.3 is 0 Å². The van der Waals surface area contributed by atoms with Crippen LogP contribution in [0.1, 0.15) is 54.6 Å². The molecule has 0 aromatic rings. The highest BCUT2D eigenvalue weighted by Gasteiger charge is 2.00. The van der Waals surface area contributed by atoms with Gasteiger partial charge in [-0.05, 0) is 6.42 Å². The summed E-state index contributed by atoms with van der Waals surface area (Å²) in [7, 11) is 0. The quantitative estimate of drug-likeness (QED) is 0.409. The summed E-state index contributed by atoms with van der Waals surface area (Å²) in [5, 5.41) is -0.560. The number of alkyl halides is 2. The summed E-state index contributed by atoms with van der Waals surface area (Å²) in [6.45, 7) is 2.19. The second-order valence-electron chi connectivity index (χ2n) is 3.13. The van der Waals surface area contributed by atoms with Crippen LogP contribution in [0.15, 0.2) is 0 Å². The van der Waals surface area contributed by atoms with Gasteiger partial charge in [-0.3, -0.25) is 0 Å². The molecule has 0 aliphatic carbocycles. The lowest BCUT2D eigenvalue weighted by molar-refractivity contribution is 0.588. The lowest BCUT2D eigenvalue weighted by Gasteiger charge is -2.04. The molecular weight excluding hydrogens is 191 g/mol. The van der Waals surface area contributed by atoms with Crippen LogP contribution in [-0.4, -0.2) is 11.2 Å². The number of hydrogen-bond donors (Lipinski definition) is 0. The van der Waals surface area contributed by atoms with Gasteiger partial charge in [0.1, 0.15) is 0 Å². The molecule has 0 radical (unpaired) electrons. The van der Waals surface area contributed by atoms with Crippen LogP contribution in [0.4, 0.5) is 0 Å². The van der Waals surface area contributed by atoms with E-state index in [1.54, 1.807) is 0 Å². The lowest BCUT2D eigenvalue weighted by Crippen LogP contribution is -1.99. The van der Waals surface area contributed by atoms with Gasteiger partial charge in [-0.1, -0.05) is 45.4 Å². The van der Waals surface area contributed by atoms with Crippen LogP contribution in [0.25, 0.3) is 0 Å². The highest BCUT2D eigenvalue weighted by atomic mass is 35.5. The van der Waals surface area contributed by atoms with E-state index in [1.165, 1.54) is 25.7 Å². The highest BCUT2D eigenvalue weighted by Crippen LogP contribution is 2.12. The maximum atomic E-state index is 7.18. The van der Waals surface area contributed by atoms with Crippen molar-refractivity contribution in [3.8, 4) is 0 Å². The second-order valence-corrected chi connectivity index (χ2v) is 3.88. The summed E-state index contributed by atoms with van der Waals surface area (Å²) in [4.78, 5) is 0. The van der Waals surface area contributed by atoms with Gasteiger partial charge in [0.05, 0.1) is 0 Å². The fourth-order valence-corrected chi connectivity index (χ4v) is 1.42.